The maximum absolute atomic E-state index is 13.8. The van der Waals surface area contributed by atoms with Crippen molar-refractivity contribution in [1.82, 2.24) is 19.4 Å². The molecule has 41 heavy (non-hydrogen) atoms. The van der Waals surface area contributed by atoms with Crippen molar-refractivity contribution in [2.75, 3.05) is 33.3 Å². The number of amides is 2. The van der Waals surface area contributed by atoms with Gasteiger partial charge in [0.2, 0.25) is 21.8 Å². The number of hydrogen-bond acceptors (Lipinski definition) is 8. The first kappa shape index (κ1) is 31.8. The fourth-order valence-electron chi connectivity index (χ4n) is 4.82. The highest BCUT2D eigenvalue weighted by molar-refractivity contribution is 7.89. The second kappa shape index (κ2) is 13.8. The molecule has 1 aromatic carbocycles. The van der Waals surface area contributed by atoms with Crippen molar-refractivity contribution in [1.29, 1.82) is 5.41 Å². The number of carboxylic acids is 1. The normalized spacial score (nSPS) is 17.8. The van der Waals surface area contributed by atoms with Gasteiger partial charge in [-0.3, -0.25) is 19.8 Å². The number of guanidine groups is 1. The molecule has 0 unspecified atom stereocenters. The maximum atomic E-state index is 13.8. The Kier molecular flexibility index (Phi) is 10.7. The Labute approximate surface area is 239 Å². The summed E-state index contributed by atoms with van der Waals surface area (Å²) in [6.45, 7) is 2.71. The van der Waals surface area contributed by atoms with Gasteiger partial charge in [-0.05, 0) is 44.7 Å². The van der Waals surface area contributed by atoms with Crippen LogP contribution in [0.4, 0.5) is 0 Å². The van der Waals surface area contributed by atoms with Crippen molar-refractivity contribution in [2.24, 2.45) is 5.73 Å². The zero-order valence-electron chi connectivity index (χ0n) is 23.2. The lowest BCUT2D eigenvalue weighted by atomic mass is 10.0. The summed E-state index contributed by atoms with van der Waals surface area (Å²) in [6, 6.07) is 2.88. The number of nitrogens with two attached hydrogens (primary N) is 1. The number of piperidine rings is 1. The van der Waals surface area contributed by atoms with E-state index in [-0.39, 0.29) is 37.6 Å². The van der Waals surface area contributed by atoms with Crippen molar-refractivity contribution in [2.45, 2.75) is 68.5 Å². The zero-order chi connectivity index (χ0) is 30.3. The Morgan fingerprint density at radius 3 is 2.49 bits per heavy atom. The first-order chi connectivity index (χ1) is 19.4. The summed E-state index contributed by atoms with van der Waals surface area (Å²) in [4.78, 5) is 54.9. The fourth-order valence-corrected chi connectivity index (χ4v) is 6.21. The van der Waals surface area contributed by atoms with Gasteiger partial charge in [0.25, 0.3) is 0 Å². The summed E-state index contributed by atoms with van der Waals surface area (Å²) in [5.74, 6) is -3.30. The summed E-state index contributed by atoms with van der Waals surface area (Å²) >= 11 is 0. The number of carbonyl (C=O) groups excluding carboxylic acids is 3. The molecule has 0 bridgehead atoms. The third-order valence-corrected chi connectivity index (χ3v) is 8.72. The number of carboxylic acid groups (broad SMARTS) is 1. The smallest absolute Gasteiger partial charge is 0.337 e. The quantitative estimate of drug-likeness (QED) is 0.139. The molecule has 0 aromatic heterocycles. The lowest BCUT2D eigenvalue weighted by Crippen LogP contribution is -2.55. The second-order valence-corrected chi connectivity index (χ2v) is 11.8. The van der Waals surface area contributed by atoms with Crippen LogP contribution in [0.15, 0.2) is 29.2 Å². The van der Waals surface area contributed by atoms with E-state index in [1.807, 2.05) is 0 Å². The van der Waals surface area contributed by atoms with Crippen molar-refractivity contribution in [3.05, 3.63) is 29.8 Å². The number of nitrogens with one attached hydrogen (secondary N) is 2. The lowest BCUT2D eigenvalue weighted by Gasteiger charge is -2.38. The van der Waals surface area contributed by atoms with Crippen LogP contribution >= 0.6 is 0 Å². The molecule has 14 nitrogen and oxygen atoms in total. The van der Waals surface area contributed by atoms with Gasteiger partial charge in [0.15, 0.2) is 5.96 Å². The van der Waals surface area contributed by atoms with E-state index in [1.54, 1.807) is 18.9 Å². The molecule has 226 valence electrons. The van der Waals surface area contributed by atoms with E-state index in [1.165, 1.54) is 21.9 Å². The maximum Gasteiger partial charge on any atom is 0.337 e. The molecule has 0 radical (unpaired) electrons. The van der Waals surface area contributed by atoms with Gasteiger partial charge in [0.05, 0.1) is 29.9 Å². The van der Waals surface area contributed by atoms with Gasteiger partial charge in [0.1, 0.15) is 6.04 Å². The summed E-state index contributed by atoms with van der Waals surface area (Å²) < 4.78 is 34.1. The van der Waals surface area contributed by atoms with Crippen LogP contribution < -0.4 is 10.5 Å². The van der Waals surface area contributed by atoms with Crippen LogP contribution in [-0.2, 0) is 29.1 Å². The summed E-state index contributed by atoms with van der Waals surface area (Å²) in [5.41, 5.74) is 5.14. The van der Waals surface area contributed by atoms with E-state index in [0.29, 0.717) is 38.8 Å². The Morgan fingerprint density at radius 1 is 1.20 bits per heavy atom. The number of likely N-dealkylation sites (N-methyl/N-ethyl adjacent to an activating group) is 1. The molecule has 2 aliphatic rings. The minimum atomic E-state index is -4.57. The molecule has 1 aliphatic heterocycles. The van der Waals surface area contributed by atoms with Gasteiger partial charge in [0, 0.05) is 38.8 Å². The summed E-state index contributed by atoms with van der Waals surface area (Å²) in [6.07, 6.45) is 2.00. The Balaban J connectivity index is 1.88. The van der Waals surface area contributed by atoms with Gasteiger partial charge in [-0.1, -0.05) is 12.1 Å². The molecule has 0 spiro atoms. The van der Waals surface area contributed by atoms with E-state index < -0.39 is 56.7 Å². The van der Waals surface area contributed by atoms with E-state index in [0.717, 1.165) is 12.1 Å². The molecular weight excluding hydrogens is 556 g/mol. The van der Waals surface area contributed by atoms with Crippen LogP contribution in [0.2, 0.25) is 0 Å². The van der Waals surface area contributed by atoms with E-state index in [4.69, 9.17) is 15.9 Å². The van der Waals surface area contributed by atoms with Gasteiger partial charge in [-0.2, -0.15) is 4.72 Å². The van der Waals surface area contributed by atoms with Gasteiger partial charge < -0.3 is 30.3 Å². The van der Waals surface area contributed by atoms with E-state index in [2.05, 4.69) is 4.72 Å². The van der Waals surface area contributed by atoms with Crippen LogP contribution in [0.1, 0.15) is 55.8 Å². The van der Waals surface area contributed by atoms with Crippen molar-refractivity contribution < 1.29 is 37.4 Å². The number of benzene rings is 1. The van der Waals surface area contributed by atoms with Crippen molar-refractivity contribution in [3.63, 3.8) is 0 Å². The molecule has 2 atom stereocenters. The summed E-state index contributed by atoms with van der Waals surface area (Å²) in [5, 5.41) is 17.2. The third-order valence-electron chi connectivity index (χ3n) is 7.19. The minimum Gasteiger partial charge on any atom is -0.478 e. The molecule has 1 saturated carbocycles. The molecule has 2 fully saturated rings. The number of likely N-dealkylation sites (tertiary alicyclic amines) is 1. The largest absolute Gasteiger partial charge is 0.478 e. The third kappa shape index (κ3) is 8.39. The number of sulfonamides is 1. The number of aromatic carboxylic acids is 1. The van der Waals surface area contributed by atoms with Crippen molar-refractivity contribution in [3.8, 4) is 0 Å². The number of carbonyl (C=O) groups is 4. The van der Waals surface area contributed by atoms with Crippen molar-refractivity contribution >= 4 is 39.7 Å². The highest BCUT2D eigenvalue weighted by atomic mass is 32.2. The molecule has 5 N–H and O–H groups in total. The number of nitrogens with zero attached hydrogens (tertiary/aromatic N) is 3. The lowest BCUT2D eigenvalue weighted by molar-refractivity contribution is -0.145. The van der Waals surface area contributed by atoms with E-state index in [9.17, 15) is 32.7 Å². The molecule has 1 saturated heterocycles. The molecule has 1 aliphatic carbocycles. The predicted molar refractivity (Wildman–Crippen MR) is 147 cm³/mol. The molecule has 15 heteroatoms. The van der Waals surface area contributed by atoms with Gasteiger partial charge in [-0.25, -0.2) is 13.2 Å². The predicted octanol–water partition coefficient (Wildman–Crippen LogP) is 0.182. The first-order valence-corrected chi connectivity index (χ1v) is 15.0. The van der Waals surface area contributed by atoms with Crippen LogP contribution in [0.3, 0.4) is 0 Å². The Bertz CT molecular complexity index is 1270. The molecular formula is C26H38N6O8S. The number of ether oxygens (including phenoxy) is 1. The first-order valence-electron chi connectivity index (χ1n) is 13.5. The zero-order valence-corrected chi connectivity index (χ0v) is 24.1. The second-order valence-electron chi connectivity index (χ2n) is 10.1. The standard InChI is InChI=1S/C26H38N6O8S/c1-3-40-23(34)12-14-32(17-10-11-17)24(35)20(29-41(38,39)21-9-5-4-8-19(21)25(36)37)15-22(33)30(2)18-7-6-13-31(16-18)26(27)28/h4-5,8-9,17-18,20,29H,3,6-7,10-16H2,1-2H3,(H3,27,28)(H,36,37)/t18-,20-/m0/s1. The van der Waals surface area contributed by atoms with Gasteiger partial charge in [-0.15, -0.1) is 0 Å². The Morgan fingerprint density at radius 2 is 1.88 bits per heavy atom. The number of hydrogen-bond donors (Lipinski definition) is 4. The number of rotatable bonds is 13. The number of esters is 1. The molecule has 1 heterocycles. The molecule has 3 rings (SSSR count). The molecule has 1 aromatic rings. The topological polar surface area (TPSA) is 203 Å². The average Bonchev–Trinajstić information content (AvgIpc) is 3.77. The monoisotopic (exact) mass is 594 g/mol. The van der Waals surface area contributed by atoms with Crippen LogP contribution in [0, 0.1) is 5.41 Å². The minimum absolute atomic E-state index is 0.0213. The highest BCUT2D eigenvalue weighted by Crippen LogP contribution is 2.29. The fraction of sp³-hybridized carbons (Fsp3) is 0.577. The van der Waals surface area contributed by atoms with Crippen LogP contribution in [0.25, 0.3) is 0 Å². The van der Waals surface area contributed by atoms with E-state index >= 15 is 0 Å². The van der Waals surface area contributed by atoms with Gasteiger partial charge >= 0.3 is 11.9 Å². The highest BCUT2D eigenvalue weighted by Gasteiger charge is 2.40. The SMILES string of the molecule is CCOC(=O)CCN(C(=O)[C@H](CC(=O)N(C)[C@H]1CCCN(C(=N)N)C1)NS(=O)(=O)c1ccccc1C(=O)O)C1CC1. The van der Waals surface area contributed by atoms with Crippen LogP contribution in [-0.4, -0.2) is 109 Å². The Hall–Kier alpha value is -3.72. The summed E-state index contributed by atoms with van der Waals surface area (Å²) in [7, 11) is -3.02. The molecule has 2 amide bonds. The van der Waals surface area contributed by atoms with Crippen LogP contribution in [0.5, 0.6) is 0 Å². The average molecular weight is 595 g/mol.